The van der Waals surface area contributed by atoms with Gasteiger partial charge in [-0.1, -0.05) is 26.0 Å². The number of carboxylic acid groups (broad SMARTS) is 1. The number of amides is 4. The average Bonchev–Trinajstić information content (AvgIpc) is 2.79. The van der Waals surface area contributed by atoms with Crippen molar-refractivity contribution in [2.75, 3.05) is 6.61 Å². The van der Waals surface area contributed by atoms with Crippen molar-refractivity contribution < 1.29 is 39.3 Å². The highest BCUT2D eigenvalue weighted by Crippen LogP contribution is 2.12. The first-order valence-electron chi connectivity index (χ1n) is 10.9. The number of primary amides is 1. The molecule has 1 aromatic rings. The van der Waals surface area contributed by atoms with E-state index in [-0.39, 0.29) is 30.9 Å². The van der Waals surface area contributed by atoms with Gasteiger partial charge >= 0.3 is 5.97 Å². The molecule has 0 radical (unpaired) electrons. The Bertz CT molecular complexity index is 906. The number of aliphatic hydroxyl groups is 1. The second-order valence-corrected chi connectivity index (χ2v) is 8.35. The molecule has 1 rings (SSSR count). The highest BCUT2D eigenvalue weighted by molar-refractivity contribution is 5.94. The number of aliphatic carboxylic acids is 1. The molecule has 0 aliphatic heterocycles. The number of phenolic OH excluding ortho intramolecular Hbond substituents is 1. The van der Waals surface area contributed by atoms with Crippen LogP contribution in [0.3, 0.4) is 0 Å². The molecule has 1 aromatic carbocycles. The predicted octanol–water partition coefficient (Wildman–Crippen LogP) is -2.29. The topological polar surface area (TPSA) is 234 Å². The average molecular weight is 496 g/mol. The smallest absolute Gasteiger partial charge is 0.326 e. The molecule has 0 spiro atoms. The number of phenols is 1. The van der Waals surface area contributed by atoms with Crippen LogP contribution in [0.4, 0.5) is 0 Å². The van der Waals surface area contributed by atoms with Gasteiger partial charge in [-0.15, -0.1) is 0 Å². The number of carbonyl (C=O) groups excluding carboxylic acids is 4. The fourth-order valence-corrected chi connectivity index (χ4v) is 2.93. The molecule has 4 amide bonds. The van der Waals surface area contributed by atoms with Crippen LogP contribution in [0, 0.1) is 5.92 Å². The zero-order valence-corrected chi connectivity index (χ0v) is 19.6. The predicted molar refractivity (Wildman–Crippen MR) is 124 cm³/mol. The van der Waals surface area contributed by atoms with Gasteiger partial charge in [0.2, 0.25) is 23.6 Å². The Hall–Kier alpha value is -3.71. The van der Waals surface area contributed by atoms with E-state index >= 15 is 0 Å². The summed E-state index contributed by atoms with van der Waals surface area (Å²) in [5.74, 6) is -4.88. The molecule has 35 heavy (non-hydrogen) atoms. The second-order valence-electron chi connectivity index (χ2n) is 8.35. The Labute approximate surface area is 202 Å². The highest BCUT2D eigenvalue weighted by Gasteiger charge is 2.30. The fourth-order valence-electron chi connectivity index (χ4n) is 2.93. The van der Waals surface area contributed by atoms with Crippen molar-refractivity contribution in [3.8, 4) is 5.75 Å². The lowest BCUT2D eigenvalue weighted by Crippen LogP contribution is -2.59. The van der Waals surface area contributed by atoms with Crippen LogP contribution < -0.4 is 27.4 Å². The Kier molecular flexibility index (Phi) is 11.6. The molecular formula is C22H33N5O8. The van der Waals surface area contributed by atoms with Crippen LogP contribution in [-0.2, 0) is 30.4 Å². The molecule has 10 N–H and O–H groups in total. The molecule has 0 fully saturated rings. The summed E-state index contributed by atoms with van der Waals surface area (Å²) in [6.45, 7) is 2.62. The number of carbonyl (C=O) groups is 5. The van der Waals surface area contributed by atoms with Crippen molar-refractivity contribution in [1.29, 1.82) is 0 Å². The van der Waals surface area contributed by atoms with Crippen LogP contribution in [0.5, 0.6) is 5.75 Å². The summed E-state index contributed by atoms with van der Waals surface area (Å²) in [5.41, 5.74) is 11.3. The highest BCUT2D eigenvalue weighted by atomic mass is 16.4. The van der Waals surface area contributed by atoms with E-state index < -0.39 is 60.4 Å². The van der Waals surface area contributed by atoms with E-state index in [1.807, 2.05) is 0 Å². The maximum absolute atomic E-state index is 12.9. The summed E-state index contributed by atoms with van der Waals surface area (Å²) in [5, 5.41) is 35.4. The third-order valence-corrected chi connectivity index (χ3v) is 5.14. The summed E-state index contributed by atoms with van der Waals surface area (Å²) in [6.07, 6.45) is -0.669. The summed E-state index contributed by atoms with van der Waals surface area (Å²) < 4.78 is 0. The largest absolute Gasteiger partial charge is 0.508 e. The van der Waals surface area contributed by atoms with Crippen LogP contribution in [-0.4, -0.2) is 75.7 Å². The van der Waals surface area contributed by atoms with E-state index in [1.54, 1.807) is 13.8 Å². The zero-order chi connectivity index (χ0) is 26.7. The SMILES string of the molecule is CC(C)C(N)C(=O)NC(CO)C(=O)NC(Cc1ccc(O)cc1)C(=O)NC(CCC(N)=O)C(=O)O. The number of hydrogen-bond donors (Lipinski definition) is 8. The van der Waals surface area contributed by atoms with Gasteiger partial charge in [0.15, 0.2) is 0 Å². The van der Waals surface area contributed by atoms with Crippen molar-refractivity contribution in [1.82, 2.24) is 16.0 Å². The number of hydrogen-bond acceptors (Lipinski definition) is 8. The summed E-state index contributed by atoms with van der Waals surface area (Å²) in [4.78, 5) is 60.4. The van der Waals surface area contributed by atoms with E-state index in [1.165, 1.54) is 24.3 Å². The minimum atomic E-state index is -1.45. The number of nitrogens with two attached hydrogens (primary N) is 2. The molecule has 4 atom stereocenters. The lowest BCUT2D eigenvalue weighted by molar-refractivity contribution is -0.142. The number of rotatable bonds is 14. The first-order chi connectivity index (χ1) is 16.3. The molecule has 0 saturated heterocycles. The lowest BCUT2D eigenvalue weighted by atomic mass is 10.0. The van der Waals surface area contributed by atoms with Crippen molar-refractivity contribution >= 4 is 29.6 Å². The van der Waals surface area contributed by atoms with Gasteiger partial charge in [0.1, 0.15) is 23.9 Å². The van der Waals surface area contributed by atoms with Crippen LogP contribution in [0.2, 0.25) is 0 Å². The number of aromatic hydroxyl groups is 1. The Balaban J connectivity index is 3.07. The monoisotopic (exact) mass is 495 g/mol. The number of nitrogens with one attached hydrogen (secondary N) is 3. The number of benzene rings is 1. The first kappa shape index (κ1) is 29.3. The molecule has 0 aliphatic carbocycles. The third-order valence-electron chi connectivity index (χ3n) is 5.14. The standard InChI is InChI=1S/C22H33N5O8/c1-11(2)18(24)21(33)27-16(10-28)20(32)26-15(9-12-3-5-13(29)6-4-12)19(31)25-14(22(34)35)7-8-17(23)30/h3-6,11,14-16,18,28-29H,7-10,24H2,1-2H3,(H2,23,30)(H,25,31)(H,26,32)(H,27,33)(H,34,35). The van der Waals surface area contributed by atoms with Gasteiger partial charge in [-0.3, -0.25) is 19.2 Å². The van der Waals surface area contributed by atoms with Crippen LogP contribution in [0.25, 0.3) is 0 Å². The third kappa shape index (κ3) is 9.98. The minimum Gasteiger partial charge on any atom is -0.508 e. The van der Waals surface area contributed by atoms with Gasteiger partial charge in [-0.2, -0.15) is 0 Å². The molecule has 13 heteroatoms. The quantitative estimate of drug-likeness (QED) is 0.138. The molecule has 0 saturated carbocycles. The Morgan fingerprint density at radius 2 is 1.40 bits per heavy atom. The molecule has 0 bridgehead atoms. The van der Waals surface area contributed by atoms with Crippen LogP contribution in [0.1, 0.15) is 32.3 Å². The molecule has 4 unspecified atom stereocenters. The molecule has 0 aliphatic rings. The van der Waals surface area contributed by atoms with E-state index in [4.69, 9.17) is 11.5 Å². The lowest BCUT2D eigenvalue weighted by Gasteiger charge is -2.25. The zero-order valence-electron chi connectivity index (χ0n) is 19.6. The molecule has 0 aromatic heterocycles. The fraction of sp³-hybridized carbons (Fsp3) is 0.500. The first-order valence-corrected chi connectivity index (χ1v) is 10.9. The van der Waals surface area contributed by atoms with Crippen molar-refractivity contribution in [3.63, 3.8) is 0 Å². The van der Waals surface area contributed by atoms with Gasteiger partial charge in [0.25, 0.3) is 0 Å². The van der Waals surface area contributed by atoms with Gasteiger partial charge < -0.3 is 42.7 Å². The Morgan fingerprint density at radius 3 is 1.89 bits per heavy atom. The summed E-state index contributed by atoms with van der Waals surface area (Å²) in [7, 11) is 0. The maximum atomic E-state index is 12.9. The molecule has 13 nitrogen and oxygen atoms in total. The molecular weight excluding hydrogens is 462 g/mol. The van der Waals surface area contributed by atoms with E-state index in [2.05, 4.69) is 16.0 Å². The van der Waals surface area contributed by atoms with Crippen molar-refractivity contribution in [2.45, 2.75) is 57.3 Å². The summed E-state index contributed by atoms with van der Waals surface area (Å²) in [6, 6.07) is 0.583. The minimum absolute atomic E-state index is 0.0271. The van der Waals surface area contributed by atoms with E-state index in [0.717, 1.165) is 0 Å². The Morgan fingerprint density at radius 1 is 0.886 bits per heavy atom. The van der Waals surface area contributed by atoms with E-state index in [0.29, 0.717) is 5.56 Å². The van der Waals surface area contributed by atoms with Gasteiger partial charge in [-0.25, -0.2) is 4.79 Å². The van der Waals surface area contributed by atoms with Crippen LogP contribution >= 0.6 is 0 Å². The van der Waals surface area contributed by atoms with Crippen molar-refractivity contribution in [2.24, 2.45) is 17.4 Å². The van der Waals surface area contributed by atoms with E-state index in [9.17, 15) is 39.3 Å². The maximum Gasteiger partial charge on any atom is 0.326 e. The van der Waals surface area contributed by atoms with Crippen molar-refractivity contribution in [3.05, 3.63) is 29.8 Å². The van der Waals surface area contributed by atoms with Crippen LogP contribution in [0.15, 0.2) is 24.3 Å². The second kappa shape index (κ2) is 13.9. The van der Waals surface area contributed by atoms with Gasteiger partial charge in [0.05, 0.1) is 12.6 Å². The molecule has 0 heterocycles. The number of aliphatic hydroxyl groups excluding tert-OH is 1. The normalized spacial score (nSPS) is 14.3. The van der Waals surface area contributed by atoms with Gasteiger partial charge in [-0.05, 0) is 30.0 Å². The molecule has 194 valence electrons. The summed E-state index contributed by atoms with van der Waals surface area (Å²) >= 11 is 0. The van der Waals surface area contributed by atoms with Gasteiger partial charge in [0, 0.05) is 12.8 Å². The number of carboxylic acids is 1.